The van der Waals surface area contributed by atoms with Gasteiger partial charge in [0.15, 0.2) is 17.2 Å². The van der Waals surface area contributed by atoms with Crippen molar-refractivity contribution in [2.75, 3.05) is 24.0 Å². The molecule has 0 saturated carbocycles. The van der Waals surface area contributed by atoms with E-state index in [-0.39, 0.29) is 29.6 Å². The van der Waals surface area contributed by atoms with Crippen LogP contribution < -0.4 is 31.2 Å². The zero-order valence-electron chi connectivity index (χ0n) is 16.7. The number of nitrogens with zero attached hydrogens (tertiary/aromatic N) is 2. The molecule has 0 radical (unpaired) electrons. The molecule has 2 heterocycles. The fourth-order valence-electron chi connectivity index (χ4n) is 3.08. The van der Waals surface area contributed by atoms with Gasteiger partial charge in [0.1, 0.15) is 11.4 Å². The van der Waals surface area contributed by atoms with Crippen molar-refractivity contribution in [3.8, 4) is 11.5 Å². The third-order valence-electron chi connectivity index (χ3n) is 4.70. The highest BCUT2D eigenvalue weighted by Crippen LogP contribution is 2.36. The van der Waals surface area contributed by atoms with Crippen molar-refractivity contribution in [1.29, 1.82) is 0 Å². The van der Waals surface area contributed by atoms with Crippen molar-refractivity contribution in [3.05, 3.63) is 64.7 Å². The van der Waals surface area contributed by atoms with Gasteiger partial charge in [0, 0.05) is 18.3 Å². The van der Waals surface area contributed by atoms with Crippen LogP contribution in [0.15, 0.2) is 48.5 Å². The first-order valence-electron chi connectivity index (χ1n) is 9.51. The molecule has 11 heteroatoms. The van der Waals surface area contributed by atoms with Crippen LogP contribution in [0, 0.1) is 0 Å². The third-order valence-corrected chi connectivity index (χ3v) is 5.55. The molecule has 0 aliphatic carbocycles. The molecule has 10 nitrogen and oxygen atoms in total. The SMILES string of the molecule is NC(=O)c1nsc(C(=O)N(CC(=O)NCc2ccccc2)c2ccc3c(c2)OCO3)c1N. The number of nitrogen functional groups attached to an aromatic ring is 1. The van der Waals surface area contributed by atoms with Crippen LogP contribution in [-0.2, 0) is 11.3 Å². The Morgan fingerprint density at radius 3 is 2.56 bits per heavy atom. The fourth-order valence-corrected chi connectivity index (χ4v) is 3.84. The summed E-state index contributed by atoms with van der Waals surface area (Å²) in [6.45, 7) is 0.0694. The fraction of sp³-hybridized carbons (Fsp3) is 0.143. The summed E-state index contributed by atoms with van der Waals surface area (Å²) in [5, 5.41) is 2.79. The Morgan fingerprint density at radius 1 is 1.09 bits per heavy atom. The molecule has 4 rings (SSSR count). The number of rotatable bonds is 7. The van der Waals surface area contributed by atoms with Crippen molar-refractivity contribution in [2.45, 2.75) is 6.54 Å². The normalized spacial score (nSPS) is 11.8. The predicted octanol–water partition coefficient (Wildman–Crippen LogP) is 1.52. The lowest BCUT2D eigenvalue weighted by atomic mass is 10.2. The molecular formula is C21H19N5O5S. The van der Waals surface area contributed by atoms with Gasteiger partial charge in [-0.2, -0.15) is 4.37 Å². The van der Waals surface area contributed by atoms with Gasteiger partial charge in [-0.15, -0.1) is 0 Å². The van der Waals surface area contributed by atoms with Gasteiger partial charge in [0.2, 0.25) is 12.7 Å². The Balaban J connectivity index is 1.60. The Morgan fingerprint density at radius 2 is 1.84 bits per heavy atom. The Kier molecular flexibility index (Phi) is 5.90. The summed E-state index contributed by atoms with van der Waals surface area (Å²) in [6.07, 6.45) is 0. The molecule has 3 amide bonds. The van der Waals surface area contributed by atoms with Crippen LogP contribution >= 0.6 is 11.5 Å². The topological polar surface area (TPSA) is 150 Å². The molecule has 0 saturated heterocycles. The van der Waals surface area contributed by atoms with E-state index in [9.17, 15) is 14.4 Å². The lowest BCUT2D eigenvalue weighted by Crippen LogP contribution is -2.40. The summed E-state index contributed by atoms with van der Waals surface area (Å²) in [5.41, 5.74) is 12.2. The van der Waals surface area contributed by atoms with E-state index in [1.807, 2.05) is 30.3 Å². The number of aromatic nitrogens is 1. The van der Waals surface area contributed by atoms with E-state index in [0.29, 0.717) is 23.7 Å². The Bertz CT molecular complexity index is 1180. The standard InChI is InChI=1S/C21H19N5O5S/c22-17-18(20(23)28)25-32-19(17)21(29)26(13-6-7-14-15(8-13)31-11-30-14)10-16(27)24-9-12-4-2-1-3-5-12/h1-8H,9-11,22H2,(H2,23,28)(H,24,27). The maximum atomic E-state index is 13.3. The number of amides is 3. The molecule has 164 valence electrons. The Hall–Kier alpha value is -4.12. The maximum Gasteiger partial charge on any atom is 0.272 e. The minimum absolute atomic E-state index is 0.00678. The highest BCUT2D eigenvalue weighted by atomic mass is 32.1. The third kappa shape index (κ3) is 4.32. The predicted molar refractivity (Wildman–Crippen MR) is 118 cm³/mol. The zero-order chi connectivity index (χ0) is 22.7. The molecule has 1 aromatic heterocycles. The number of nitrogens with one attached hydrogen (secondary N) is 1. The molecule has 32 heavy (non-hydrogen) atoms. The average Bonchev–Trinajstić information content (AvgIpc) is 3.42. The highest BCUT2D eigenvalue weighted by Gasteiger charge is 2.28. The lowest BCUT2D eigenvalue weighted by molar-refractivity contribution is -0.119. The molecule has 3 aromatic rings. The second-order valence-electron chi connectivity index (χ2n) is 6.83. The number of ether oxygens (including phenoxy) is 2. The first kappa shape index (κ1) is 21.1. The van der Waals surface area contributed by atoms with E-state index >= 15 is 0 Å². The molecular weight excluding hydrogens is 434 g/mol. The van der Waals surface area contributed by atoms with Crippen LogP contribution in [0.25, 0.3) is 0 Å². The van der Waals surface area contributed by atoms with Crippen LogP contribution in [0.2, 0.25) is 0 Å². The smallest absolute Gasteiger partial charge is 0.272 e. The molecule has 0 atom stereocenters. The number of carbonyl (C=O) groups excluding carboxylic acids is 3. The minimum Gasteiger partial charge on any atom is -0.454 e. The van der Waals surface area contributed by atoms with Crippen molar-refractivity contribution < 1.29 is 23.9 Å². The van der Waals surface area contributed by atoms with E-state index in [1.54, 1.807) is 18.2 Å². The summed E-state index contributed by atoms with van der Waals surface area (Å²) in [6, 6.07) is 14.2. The van der Waals surface area contributed by atoms with Gasteiger partial charge in [0.05, 0.1) is 5.69 Å². The minimum atomic E-state index is -0.840. The van der Waals surface area contributed by atoms with Crippen LogP contribution in [0.3, 0.4) is 0 Å². The molecule has 2 aromatic carbocycles. The largest absolute Gasteiger partial charge is 0.454 e. The van der Waals surface area contributed by atoms with Gasteiger partial charge in [-0.05, 0) is 29.2 Å². The summed E-state index contributed by atoms with van der Waals surface area (Å²) >= 11 is 0.744. The van der Waals surface area contributed by atoms with Crippen molar-refractivity contribution in [2.24, 2.45) is 5.73 Å². The number of primary amides is 1. The van der Waals surface area contributed by atoms with Crippen LogP contribution in [-0.4, -0.2) is 35.4 Å². The van der Waals surface area contributed by atoms with Crippen molar-refractivity contribution >= 4 is 40.6 Å². The van der Waals surface area contributed by atoms with E-state index in [4.69, 9.17) is 20.9 Å². The molecule has 1 aliphatic heterocycles. The second kappa shape index (κ2) is 8.94. The molecule has 0 spiro atoms. The highest BCUT2D eigenvalue weighted by molar-refractivity contribution is 7.09. The zero-order valence-corrected chi connectivity index (χ0v) is 17.6. The first-order chi connectivity index (χ1) is 15.4. The van der Waals surface area contributed by atoms with Gasteiger partial charge < -0.3 is 26.3 Å². The lowest BCUT2D eigenvalue weighted by Gasteiger charge is -2.22. The maximum absolute atomic E-state index is 13.3. The van der Waals surface area contributed by atoms with Crippen LogP contribution in [0.1, 0.15) is 25.7 Å². The molecule has 0 fully saturated rings. The van der Waals surface area contributed by atoms with E-state index in [2.05, 4.69) is 9.69 Å². The molecule has 5 N–H and O–H groups in total. The summed E-state index contributed by atoms with van der Waals surface area (Å²) < 4.78 is 14.6. The van der Waals surface area contributed by atoms with E-state index in [0.717, 1.165) is 17.1 Å². The molecule has 0 bridgehead atoms. The average molecular weight is 453 g/mol. The van der Waals surface area contributed by atoms with Gasteiger partial charge in [-0.3, -0.25) is 19.3 Å². The quantitative estimate of drug-likeness (QED) is 0.491. The second-order valence-corrected chi connectivity index (χ2v) is 7.60. The molecule has 0 unspecified atom stereocenters. The van der Waals surface area contributed by atoms with E-state index < -0.39 is 17.7 Å². The van der Waals surface area contributed by atoms with Gasteiger partial charge in [0.25, 0.3) is 11.8 Å². The first-order valence-corrected chi connectivity index (χ1v) is 10.3. The Labute approximate surface area is 186 Å². The van der Waals surface area contributed by atoms with Gasteiger partial charge in [-0.25, -0.2) is 0 Å². The van der Waals surface area contributed by atoms with Crippen LogP contribution in [0.5, 0.6) is 11.5 Å². The van der Waals surface area contributed by atoms with Crippen LogP contribution in [0.4, 0.5) is 11.4 Å². The number of benzene rings is 2. The van der Waals surface area contributed by atoms with Crippen molar-refractivity contribution in [1.82, 2.24) is 9.69 Å². The summed E-state index contributed by atoms with van der Waals surface area (Å²) in [7, 11) is 0. The summed E-state index contributed by atoms with van der Waals surface area (Å²) in [5.74, 6) is -0.851. The number of hydrogen-bond acceptors (Lipinski definition) is 8. The number of anilines is 2. The van der Waals surface area contributed by atoms with Gasteiger partial charge >= 0.3 is 0 Å². The number of nitrogens with two attached hydrogens (primary N) is 2. The monoisotopic (exact) mass is 453 g/mol. The van der Waals surface area contributed by atoms with Crippen molar-refractivity contribution in [3.63, 3.8) is 0 Å². The summed E-state index contributed by atoms with van der Waals surface area (Å²) in [4.78, 5) is 38.7. The van der Waals surface area contributed by atoms with E-state index in [1.165, 1.54) is 4.90 Å². The molecule has 1 aliphatic rings. The van der Waals surface area contributed by atoms with Gasteiger partial charge in [-0.1, -0.05) is 30.3 Å². The number of fused-ring (bicyclic) bond motifs is 1. The number of carbonyl (C=O) groups is 3. The number of hydrogen-bond donors (Lipinski definition) is 3.